The Hall–Kier alpha value is -1.79. The van der Waals surface area contributed by atoms with Gasteiger partial charge in [-0.3, -0.25) is 4.79 Å². The van der Waals surface area contributed by atoms with Crippen LogP contribution in [0.4, 0.5) is 0 Å². The second-order valence-corrected chi connectivity index (χ2v) is 9.02. The summed E-state index contributed by atoms with van der Waals surface area (Å²) in [6.07, 6.45) is 8.80. The fraction of sp³-hybridized carbons (Fsp3) is 0.708. The molecule has 3 fully saturated rings. The van der Waals surface area contributed by atoms with Crippen molar-refractivity contribution < 1.29 is 19.0 Å². The summed E-state index contributed by atoms with van der Waals surface area (Å²) in [4.78, 5) is 17.5. The Kier molecular flexibility index (Phi) is 7.16. The van der Waals surface area contributed by atoms with Gasteiger partial charge in [0, 0.05) is 50.8 Å². The van der Waals surface area contributed by atoms with Crippen molar-refractivity contribution in [2.24, 2.45) is 5.92 Å². The second kappa shape index (κ2) is 10.0. The van der Waals surface area contributed by atoms with Crippen LogP contribution < -0.4 is 9.47 Å². The average Bonchev–Trinajstić information content (AvgIpc) is 3.47. The zero-order chi connectivity index (χ0) is 20.9. The predicted molar refractivity (Wildman–Crippen MR) is 116 cm³/mol. The van der Waals surface area contributed by atoms with Crippen LogP contribution in [-0.4, -0.2) is 74.9 Å². The van der Waals surface area contributed by atoms with Gasteiger partial charge in [0.05, 0.1) is 13.7 Å². The number of likely N-dealkylation sites (tertiary alicyclic amines) is 2. The zero-order valence-corrected chi connectivity index (χ0v) is 18.5. The van der Waals surface area contributed by atoms with Gasteiger partial charge in [-0.15, -0.1) is 0 Å². The highest BCUT2D eigenvalue weighted by Gasteiger charge is 2.29. The first kappa shape index (κ1) is 21.4. The number of hydrogen-bond donors (Lipinski definition) is 0. The van der Waals surface area contributed by atoms with Crippen LogP contribution in [0.5, 0.6) is 11.5 Å². The van der Waals surface area contributed by atoms with Crippen LogP contribution in [0.3, 0.4) is 0 Å². The molecule has 1 atom stereocenters. The van der Waals surface area contributed by atoms with Crippen molar-refractivity contribution in [2.75, 3.05) is 47.0 Å². The van der Waals surface area contributed by atoms with Crippen molar-refractivity contribution in [3.8, 4) is 11.5 Å². The molecular weight excluding hydrogens is 380 g/mol. The van der Waals surface area contributed by atoms with Crippen molar-refractivity contribution in [3.63, 3.8) is 0 Å². The van der Waals surface area contributed by atoms with Crippen molar-refractivity contribution >= 4 is 5.91 Å². The summed E-state index contributed by atoms with van der Waals surface area (Å²) >= 11 is 0. The molecule has 0 bridgehead atoms. The lowest BCUT2D eigenvalue weighted by atomic mass is 10.0. The van der Waals surface area contributed by atoms with Crippen LogP contribution in [0.15, 0.2) is 18.2 Å². The van der Waals surface area contributed by atoms with Crippen LogP contribution in [0, 0.1) is 5.92 Å². The van der Waals surface area contributed by atoms with Crippen molar-refractivity contribution in [1.29, 1.82) is 0 Å². The maximum Gasteiger partial charge on any atom is 0.254 e. The van der Waals surface area contributed by atoms with E-state index in [0.29, 0.717) is 23.8 Å². The maximum absolute atomic E-state index is 12.9. The molecule has 1 unspecified atom stereocenters. The maximum atomic E-state index is 12.9. The Labute approximate surface area is 180 Å². The van der Waals surface area contributed by atoms with Gasteiger partial charge in [-0.2, -0.15) is 0 Å². The molecule has 1 aromatic carbocycles. The molecule has 6 nitrogen and oxygen atoms in total. The van der Waals surface area contributed by atoms with E-state index in [2.05, 4.69) is 4.90 Å². The third-order valence-corrected chi connectivity index (χ3v) is 7.00. The van der Waals surface area contributed by atoms with Gasteiger partial charge in [-0.25, -0.2) is 0 Å². The molecule has 1 amide bonds. The number of methoxy groups -OCH3 is 2. The van der Waals surface area contributed by atoms with E-state index < -0.39 is 0 Å². The molecule has 166 valence electrons. The summed E-state index contributed by atoms with van der Waals surface area (Å²) in [6, 6.07) is 6.39. The van der Waals surface area contributed by atoms with E-state index >= 15 is 0 Å². The molecule has 3 aliphatic rings. The molecule has 2 aliphatic heterocycles. The lowest BCUT2D eigenvalue weighted by Crippen LogP contribution is -2.43. The van der Waals surface area contributed by atoms with Gasteiger partial charge in [0.25, 0.3) is 5.91 Å². The molecule has 30 heavy (non-hydrogen) atoms. The molecule has 1 aromatic rings. The zero-order valence-electron chi connectivity index (χ0n) is 18.5. The first-order valence-electron chi connectivity index (χ1n) is 11.5. The van der Waals surface area contributed by atoms with E-state index in [4.69, 9.17) is 14.2 Å². The molecule has 0 spiro atoms. The van der Waals surface area contributed by atoms with Crippen LogP contribution in [0.2, 0.25) is 0 Å². The minimum Gasteiger partial charge on any atom is -0.493 e. The number of nitrogens with zero attached hydrogens (tertiary/aromatic N) is 2. The Morgan fingerprint density at radius 2 is 1.77 bits per heavy atom. The summed E-state index contributed by atoms with van der Waals surface area (Å²) in [5.41, 5.74) is 0.660. The molecule has 4 rings (SSSR count). The van der Waals surface area contributed by atoms with E-state index in [-0.39, 0.29) is 12.0 Å². The Bertz CT molecular complexity index is 711. The second-order valence-electron chi connectivity index (χ2n) is 9.02. The van der Waals surface area contributed by atoms with E-state index in [1.807, 2.05) is 23.1 Å². The van der Waals surface area contributed by atoms with Crippen molar-refractivity contribution in [1.82, 2.24) is 9.80 Å². The molecule has 2 saturated heterocycles. The molecule has 1 aliphatic carbocycles. The van der Waals surface area contributed by atoms with Crippen LogP contribution in [0.1, 0.15) is 55.3 Å². The van der Waals surface area contributed by atoms with E-state index in [9.17, 15) is 4.79 Å². The van der Waals surface area contributed by atoms with Crippen molar-refractivity contribution in [2.45, 2.75) is 57.1 Å². The summed E-state index contributed by atoms with van der Waals surface area (Å²) in [6.45, 7) is 4.48. The van der Waals surface area contributed by atoms with Gasteiger partial charge in [0.1, 0.15) is 6.10 Å². The monoisotopic (exact) mass is 416 g/mol. The third kappa shape index (κ3) is 4.92. The summed E-state index contributed by atoms with van der Waals surface area (Å²) in [5.74, 6) is 1.88. The number of rotatable bonds is 7. The lowest BCUT2D eigenvalue weighted by Gasteiger charge is -2.36. The third-order valence-electron chi connectivity index (χ3n) is 7.00. The molecular formula is C24H36N2O4. The molecule has 0 radical (unpaired) electrons. The number of amides is 1. The number of piperidine rings is 1. The molecule has 6 heteroatoms. The first-order valence-corrected chi connectivity index (χ1v) is 11.5. The Balaban J connectivity index is 1.34. The SMILES string of the molecule is COCC1CCN(C(=O)c2ccc(OC3CCN(C4CCCC4)CC3)c(OC)c2)C1. The van der Waals surface area contributed by atoms with Crippen molar-refractivity contribution in [3.05, 3.63) is 23.8 Å². The summed E-state index contributed by atoms with van der Waals surface area (Å²) < 4.78 is 17.1. The van der Waals surface area contributed by atoms with Gasteiger partial charge in [0.15, 0.2) is 11.5 Å². The smallest absolute Gasteiger partial charge is 0.254 e. The van der Waals surface area contributed by atoms with E-state index in [0.717, 1.165) is 57.2 Å². The highest BCUT2D eigenvalue weighted by atomic mass is 16.5. The van der Waals surface area contributed by atoms with Gasteiger partial charge in [-0.1, -0.05) is 12.8 Å². The summed E-state index contributed by atoms with van der Waals surface area (Å²) in [7, 11) is 3.36. The highest BCUT2D eigenvalue weighted by Crippen LogP contribution is 2.33. The molecule has 0 aromatic heterocycles. The molecule has 1 saturated carbocycles. The normalized spacial score (nSPS) is 23.8. The Morgan fingerprint density at radius 3 is 2.47 bits per heavy atom. The van der Waals surface area contributed by atoms with Gasteiger partial charge >= 0.3 is 0 Å². The standard InChI is InChI=1S/C24H36N2O4/c1-28-17-18-9-12-26(16-18)24(27)19-7-8-22(23(15-19)29-2)30-21-10-13-25(14-11-21)20-5-3-4-6-20/h7-8,15,18,20-21H,3-6,9-14,16-17H2,1-2H3. The Morgan fingerprint density at radius 1 is 1.00 bits per heavy atom. The lowest BCUT2D eigenvalue weighted by molar-refractivity contribution is 0.0747. The fourth-order valence-electron chi connectivity index (χ4n) is 5.28. The minimum atomic E-state index is 0.0586. The largest absolute Gasteiger partial charge is 0.493 e. The number of carbonyl (C=O) groups is 1. The summed E-state index contributed by atoms with van der Waals surface area (Å²) in [5, 5.41) is 0. The quantitative estimate of drug-likeness (QED) is 0.680. The van der Waals surface area contributed by atoms with Crippen LogP contribution in [-0.2, 0) is 4.74 Å². The predicted octanol–water partition coefficient (Wildman–Crippen LogP) is 3.59. The molecule has 0 N–H and O–H groups in total. The number of benzene rings is 1. The number of hydrogen-bond acceptors (Lipinski definition) is 5. The molecule has 2 heterocycles. The minimum absolute atomic E-state index is 0.0586. The van der Waals surface area contributed by atoms with Gasteiger partial charge < -0.3 is 24.0 Å². The van der Waals surface area contributed by atoms with Crippen LogP contribution in [0.25, 0.3) is 0 Å². The van der Waals surface area contributed by atoms with Gasteiger partial charge in [0.2, 0.25) is 0 Å². The van der Waals surface area contributed by atoms with Crippen LogP contribution >= 0.6 is 0 Å². The number of ether oxygens (including phenoxy) is 3. The van der Waals surface area contributed by atoms with E-state index in [1.54, 1.807) is 14.2 Å². The first-order chi connectivity index (χ1) is 14.7. The van der Waals surface area contributed by atoms with E-state index in [1.165, 1.54) is 25.7 Å². The average molecular weight is 417 g/mol. The number of carbonyl (C=O) groups excluding carboxylic acids is 1. The highest BCUT2D eigenvalue weighted by molar-refractivity contribution is 5.95. The fourth-order valence-corrected chi connectivity index (χ4v) is 5.28. The van der Waals surface area contributed by atoms with Gasteiger partial charge in [-0.05, 0) is 50.3 Å². The topological polar surface area (TPSA) is 51.2 Å².